The smallest absolute Gasteiger partial charge is 0.230 e. The molecule has 2 amide bonds. The predicted octanol–water partition coefficient (Wildman–Crippen LogP) is 2.68. The number of aryl methyl sites for hydroxylation is 1. The van der Waals surface area contributed by atoms with Crippen molar-refractivity contribution in [3.63, 3.8) is 0 Å². The summed E-state index contributed by atoms with van der Waals surface area (Å²) in [5.41, 5.74) is 1.42. The molecule has 4 heteroatoms. The van der Waals surface area contributed by atoms with E-state index < -0.39 is 0 Å². The fourth-order valence-corrected chi connectivity index (χ4v) is 2.70. The molecule has 1 N–H and O–H groups in total. The standard InChI is InChI=1S/C15H18FNO2/c1-3-4-11-12(8-14(18)17-15(11)19)10-5-6-13(16)9(2)7-10/h5-7,11-12H,3-4,8H2,1-2H3,(H,17,18,19). The number of halogens is 1. The Morgan fingerprint density at radius 1 is 1.37 bits per heavy atom. The molecule has 0 aliphatic carbocycles. The number of benzene rings is 1. The summed E-state index contributed by atoms with van der Waals surface area (Å²) in [6.45, 7) is 3.70. The van der Waals surface area contributed by atoms with Crippen molar-refractivity contribution in [1.29, 1.82) is 0 Å². The van der Waals surface area contributed by atoms with E-state index in [2.05, 4.69) is 5.32 Å². The van der Waals surface area contributed by atoms with Crippen LogP contribution in [0.15, 0.2) is 18.2 Å². The molecule has 1 heterocycles. The average Bonchev–Trinajstić information content (AvgIpc) is 2.36. The minimum Gasteiger partial charge on any atom is -0.296 e. The number of nitrogens with one attached hydrogen (secondary N) is 1. The number of hydrogen-bond donors (Lipinski definition) is 1. The molecule has 0 spiro atoms. The van der Waals surface area contributed by atoms with E-state index in [4.69, 9.17) is 0 Å². The average molecular weight is 263 g/mol. The number of piperidine rings is 1. The molecular weight excluding hydrogens is 245 g/mol. The van der Waals surface area contributed by atoms with Crippen LogP contribution in [-0.4, -0.2) is 11.8 Å². The van der Waals surface area contributed by atoms with Gasteiger partial charge < -0.3 is 0 Å². The van der Waals surface area contributed by atoms with Crippen LogP contribution in [-0.2, 0) is 9.59 Å². The van der Waals surface area contributed by atoms with E-state index in [1.54, 1.807) is 19.1 Å². The number of carbonyl (C=O) groups excluding carboxylic acids is 2. The topological polar surface area (TPSA) is 46.2 Å². The maximum Gasteiger partial charge on any atom is 0.230 e. The highest BCUT2D eigenvalue weighted by Gasteiger charge is 2.36. The molecule has 1 aromatic rings. The third kappa shape index (κ3) is 2.83. The van der Waals surface area contributed by atoms with Crippen molar-refractivity contribution in [2.24, 2.45) is 5.92 Å². The molecule has 19 heavy (non-hydrogen) atoms. The first-order valence-corrected chi connectivity index (χ1v) is 6.62. The summed E-state index contributed by atoms with van der Waals surface area (Å²) < 4.78 is 13.3. The first-order valence-electron chi connectivity index (χ1n) is 6.62. The molecule has 0 saturated carbocycles. The van der Waals surface area contributed by atoms with Crippen LogP contribution in [0.3, 0.4) is 0 Å². The SMILES string of the molecule is CCCC1C(=O)NC(=O)CC1c1ccc(F)c(C)c1. The minimum absolute atomic E-state index is 0.138. The van der Waals surface area contributed by atoms with Gasteiger partial charge in [0.1, 0.15) is 5.82 Å². The summed E-state index contributed by atoms with van der Waals surface area (Å²) >= 11 is 0. The zero-order chi connectivity index (χ0) is 14.0. The fourth-order valence-electron chi connectivity index (χ4n) is 2.70. The monoisotopic (exact) mass is 263 g/mol. The van der Waals surface area contributed by atoms with Gasteiger partial charge in [0.2, 0.25) is 11.8 Å². The molecule has 1 aliphatic heterocycles. The summed E-state index contributed by atoms with van der Waals surface area (Å²) in [6.07, 6.45) is 1.91. The van der Waals surface area contributed by atoms with Crippen LogP contribution in [0.1, 0.15) is 43.2 Å². The molecule has 1 aromatic carbocycles. The molecule has 102 valence electrons. The summed E-state index contributed by atoms with van der Waals surface area (Å²) in [7, 11) is 0. The maximum absolute atomic E-state index is 13.3. The Kier molecular flexibility index (Phi) is 3.98. The molecule has 0 radical (unpaired) electrons. The van der Waals surface area contributed by atoms with E-state index >= 15 is 0 Å². The zero-order valence-corrected chi connectivity index (χ0v) is 11.2. The molecule has 2 rings (SSSR count). The summed E-state index contributed by atoms with van der Waals surface area (Å²) in [4.78, 5) is 23.5. The summed E-state index contributed by atoms with van der Waals surface area (Å²) in [5, 5.41) is 2.39. The molecule has 1 aliphatic rings. The van der Waals surface area contributed by atoms with E-state index in [1.807, 2.05) is 6.92 Å². The predicted molar refractivity (Wildman–Crippen MR) is 70.0 cm³/mol. The van der Waals surface area contributed by atoms with Crippen LogP contribution < -0.4 is 5.32 Å². The van der Waals surface area contributed by atoms with Crippen LogP contribution in [0.2, 0.25) is 0 Å². The fraction of sp³-hybridized carbons (Fsp3) is 0.467. The van der Waals surface area contributed by atoms with Crippen LogP contribution in [0.5, 0.6) is 0 Å². The van der Waals surface area contributed by atoms with Gasteiger partial charge >= 0.3 is 0 Å². The van der Waals surface area contributed by atoms with Gasteiger partial charge in [0.15, 0.2) is 0 Å². The number of carbonyl (C=O) groups is 2. The number of amides is 2. The Balaban J connectivity index is 2.34. The zero-order valence-electron chi connectivity index (χ0n) is 11.2. The second-order valence-corrected chi connectivity index (χ2v) is 5.13. The molecule has 0 bridgehead atoms. The lowest BCUT2D eigenvalue weighted by Gasteiger charge is -2.30. The highest BCUT2D eigenvalue weighted by Crippen LogP contribution is 2.34. The molecule has 2 atom stereocenters. The van der Waals surface area contributed by atoms with Gasteiger partial charge in [-0.15, -0.1) is 0 Å². The summed E-state index contributed by atoms with van der Waals surface area (Å²) in [5.74, 6) is -1.05. The quantitative estimate of drug-likeness (QED) is 0.852. The Morgan fingerprint density at radius 2 is 2.11 bits per heavy atom. The normalized spacial score (nSPS) is 23.3. The largest absolute Gasteiger partial charge is 0.296 e. The van der Waals surface area contributed by atoms with Gasteiger partial charge in [-0.05, 0) is 30.5 Å². The van der Waals surface area contributed by atoms with Crippen LogP contribution in [0, 0.1) is 18.7 Å². The van der Waals surface area contributed by atoms with Crippen LogP contribution in [0.4, 0.5) is 4.39 Å². The minimum atomic E-state index is -0.262. The Labute approximate surface area is 112 Å². The van der Waals surface area contributed by atoms with Crippen LogP contribution >= 0.6 is 0 Å². The second kappa shape index (κ2) is 5.51. The highest BCUT2D eigenvalue weighted by molar-refractivity contribution is 5.99. The van der Waals surface area contributed by atoms with Crippen molar-refractivity contribution in [3.05, 3.63) is 35.1 Å². The third-order valence-corrected chi connectivity index (χ3v) is 3.70. The first-order chi connectivity index (χ1) is 9.02. The Morgan fingerprint density at radius 3 is 2.74 bits per heavy atom. The lowest BCUT2D eigenvalue weighted by atomic mass is 9.78. The number of imide groups is 1. The van der Waals surface area contributed by atoms with Crippen molar-refractivity contribution in [3.8, 4) is 0 Å². The third-order valence-electron chi connectivity index (χ3n) is 3.70. The van der Waals surface area contributed by atoms with Crippen molar-refractivity contribution in [1.82, 2.24) is 5.32 Å². The van der Waals surface area contributed by atoms with E-state index in [0.717, 1.165) is 18.4 Å². The van der Waals surface area contributed by atoms with Crippen molar-refractivity contribution < 1.29 is 14.0 Å². The van der Waals surface area contributed by atoms with Crippen molar-refractivity contribution >= 4 is 11.8 Å². The molecule has 1 fully saturated rings. The van der Waals surface area contributed by atoms with Crippen molar-refractivity contribution in [2.45, 2.75) is 39.0 Å². The van der Waals surface area contributed by atoms with Gasteiger partial charge in [0.05, 0.1) is 0 Å². The highest BCUT2D eigenvalue weighted by atomic mass is 19.1. The summed E-state index contributed by atoms with van der Waals surface area (Å²) in [6, 6.07) is 4.83. The number of rotatable bonds is 3. The van der Waals surface area contributed by atoms with Gasteiger partial charge in [-0.1, -0.05) is 25.5 Å². The van der Waals surface area contributed by atoms with E-state index in [-0.39, 0.29) is 29.5 Å². The van der Waals surface area contributed by atoms with Gasteiger partial charge in [-0.3, -0.25) is 14.9 Å². The Bertz CT molecular complexity index is 513. The Hall–Kier alpha value is -1.71. The van der Waals surface area contributed by atoms with E-state index in [0.29, 0.717) is 12.0 Å². The van der Waals surface area contributed by atoms with E-state index in [9.17, 15) is 14.0 Å². The number of hydrogen-bond acceptors (Lipinski definition) is 2. The molecule has 2 unspecified atom stereocenters. The van der Waals surface area contributed by atoms with E-state index in [1.165, 1.54) is 6.07 Å². The maximum atomic E-state index is 13.3. The van der Waals surface area contributed by atoms with Gasteiger partial charge in [0.25, 0.3) is 0 Å². The van der Waals surface area contributed by atoms with Gasteiger partial charge in [-0.2, -0.15) is 0 Å². The van der Waals surface area contributed by atoms with Gasteiger partial charge in [-0.25, -0.2) is 4.39 Å². The second-order valence-electron chi connectivity index (χ2n) is 5.13. The molecule has 1 saturated heterocycles. The van der Waals surface area contributed by atoms with Crippen LogP contribution in [0.25, 0.3) is 0 Å². The molecule has 0 aromatic heterocycles. The lowest BCUT2D eigenvalue weighted by molar-refractivity contribution is -0.137. The van der Waals surface area contributed by atoms with Crippen molar-refractivity contribution in [2.75, 3.05) is 0 Å². The van der Waals surface area contributed by atoms with Gasteiger partial charge in [0, 0.05) is 18.3 Å². The lowest BCUT2D eigenvalue weighted by Crippen LogP contribution is -2.44. The molecule has 3 nitrogen and oxygen atoms in total. The molecular formula is C15H18FNO2. The first kappa shape index (κ1) is 13.7.